The molecule has 1 heterocycles. The van der Waals surface area contributed by atoms with E-state index in [9.17, 15) is 9.59 Å². The van der Waals surface area contributed by atoms with Crippen LogP contribution in [0, 0.1) is 5.92 Å². The molecule has 1 aliphatic rings. The number of rotatable bonds is 4. The molecule has 2 aromatic rings. The Morgan fingerprint density at radius 2 is 1.96 bits per heavy atom. The number of fused-ring (bicyclic) bond motifs is 1. The third-order valence-corrected chi connectivity index (χ3v) is 6.21. The third kappa shape index (κ3) is 3.75. The Bertz CT molecular complexity index is 842. The Morgan fingerprint density at radius 1 is 1.27 bits per heavy atom. The van der Waals surface area contributed by atoms with Crippen LogP contribution < -0.4 is 5.32 Å². The number of benzene rings is 1. The van der Waals surface area contributed by atoms with Crippen LogP contribution in [0.3, 0.4) is 0 Å². The molecule has 0 saturated heterocycles. The zero-order valence-electron chi connectivity index (χ0n) is 14.5. The van der Waals surface area contributed by atoms with Crippen molar-refractivity contribution >= 4 is 51.4 Å². The smallest absolute Gasteiger partial charge is 0.341 e. The Hall–Kier alpha value is -1.56. The van der Waals surface area contributed by atoms with Crippen LogP contribution in [0.4, 0.5) is 5.00 Å². The van der Waals surface area contributed by atoms with Crippen LogP contribution in [0.25, 0.3) is 0 Å². The van der Waals surface area contributed by atoms with E-state index >= 15 is 0 Å². The summed E-state index contributed by atoms with van der Waals surface area (Å²) in [4.78, 5) is 26.4. The Morgan fingerprint density at radius 3 is 2.62 bits per heavy atom. The largest absolute Gasteiger partial charge is 0.462 e. The number of anilines is 1. The molecular formula is C19H19Cl2NO3S. The average molecular weight is 412 g/mol. The second kappa shape index (κ2) is 7.99. The molecule has 7 heteroatoms. The number of halogens is 2. The zero-order valence-corrected chi connectivity index (χ0v) is 16.9. The van der Waals surface area contributed by atoms with Gasteiger partial charge in [0.1, 0.15) is 5.00 Å². The SMILES string of the molecule is CCOC(=O)c1c(NC(=O)c2c(Cl)cccc2Cl)sc2c1CCC(C)C2. The molecule has 1 N–H and O–H groups in total. The number of hydrogen-bond donors (Lipinski definition) is 1. The van der Waals surface area contributed by atoms with Gasteiger partial charge in [0.25, 0.3) is 5.91 Å². The highest BCUT2D eigenvalue weighted by Crippen LogP contribution is 2.40. The van der Waals surface area contributed by atoms with Gasteiger partial charge in [0, 0.05) is 4.88 Å². The molecule has 0 spiro atoms. The second-order valence-corrected chi connectivity index (χ2v) is 8.25. The maximum atomic E-state index is 12.7. The third-order valence-electron chi connectivity index (χ3n) is 4.41. The van der Waals surface area contributed by atoms with Gasteiger partial charge in [-0.3, -0.25) is 4.79 Å². The molecule has 0 saturated carbocycles. The lowest BCUT2D eigenvalue weighted by atomic mass is 9.88. The van der Waals surface area contributed by atoms with E-state index < -0.39 is 11.9 Å². The molecule has 1 aromatic carbocycles. The van der Waals surface area contributed by atoms with Crippen molar-refractivity contribution < 1.29 is 14.3 Å². The maximum Gasteiger partial charge on any atom is 0.341 e. The van der Waals surface area contributed by atoms with Crippen molar-refractivity contribution in [3.05, 3.63) is 49.8 Å². The number of hydrogen-bond acceptors (Lipinski definition) is 4. The van der Waals surface area contributed by atoms with Crippen molar-refractivity contribution in [1.29, 1.82) is 0 Å². The Kier molecular flexibility index (Phi) is 5.90. The van der Waals surface area contributed by atoms with Crippen LogP contribution in [-0.2, 0) is 17.6 Å². The predicted molar refractivity (Wildman–Crippen MR) is 106 cm³/mol. The molecular weight excluding hydrogens is 393 g/mol. The standard InChI is InChI=1S/C19H19Cl2NO3S/c1-3-25-19(24)15-11-8-7-10(2)9-14(11)26-18(15)22-17(23)16-12(20)5-4-6-13(16)21/h4-6,10H,3,7-9H2,1-2H3,(H,22,23). The van der Waals surface area contributed by atoms with E-state index in [-0.39, 0.29) is 22.2 Å². The lowest BCUT2D eigenvalue weighted by Gasteiger charge is -2.18. The van der Waals surface area contributed by atoms with Gasteiger partial charge < -0.3 is 10.1 Å². The summed E-state index contributed by atoms with van der Waals surface area (Å²) >= 11 is 13.7. The second-order valence-electron chi connectivity index (χ2n) is 6.33. The van der Waals surface area contributed by atoms with E-state index in [0.717, 1.165) is 29.7 Å². The van der Waals surface area contributed by atoms with Gasteiger partial charge in [-0.2, -0.15) is 0 Å². The van der Waals surface area contributed by atoms with Gasteiger partial charge in [-0.1, -0.05) is 36.2 Å². The maximum absolute atomic E-state index is 12.7. The fourth-order valence-corrected chi connectivity index (χ4v) is 5.10. The number of carbonyl (C=O) groups is 2. The van der Waals surface area contributed by atoms with Gasteiger partial charge in [-0.15, -0.1) is 11.3 Å². The first-order valence-corrected chi connectivity index (χ1v) is 10.1. The molecule has 1 amide bonds. The molecule has 0 aliphatic heterocycles. The first-order valence-electron chi connectivity index (χ1n) is 8.49. The molecule has 26 heavy (non-hydrogen) atoms. The minimum absolute atomic E-state index is 0.199. The lowest BCUT2D eigenvalue weighted by molar-refractivity contribution is 0.0526. The normalized spacial score (nSPS) is 16.1. The van der Waals surface area contributed by atoms with Crippen LogP contribution >= 0.6 is 34.5 Å². The lowest BCUT2D eigenvalue weighted by Crippen LogP contribution is -2.17. The number of thiophene rings is 1. The first kappa shape index (κ1) is 19.2. The summed E-state index contributed by atoms with van der Waals surface area (Å²) < 4.78 is 5.22. The predicted octanol–water partition coefficient (Wildman–Crippen LogP) is 5.61. The molecule has 1 aromatic heterocycles. The molecule has 0 radical (unpaired) electrons. The van der Waals surface area contributed by atoms with Gasteiger partial charge in [0.15, 0.2) is 0 Å². The molecule has 3 rings (SSSR count). The zero-order chi connectivity index (χ0) is 18.8. The van der Waals surface area contributed by atoms with Crippen molar-refractivity contribution in [3.63, 3.8) is 0 Å². The summed E-state index contributed by atoms with van der Waals surface area (Å²) in [5.41, 5.74) is 1.66. The van der Waals surface area contributed by atoms with E-state index in [1.54, 1.807) is 25.1 Å². The van der Waals surface area contributed by atoms with Crippen molar-refractivity contribution in [1.82, 2.24) is 0 Å². The first-order chi connectivity index (χ1) is 12.4. The van der Waals surface area contributed by atoms with Crippen LogP contribution in [0.1, 0.15) is 51.4 Å². The molecule has 1 atom stereocenters. The fourth-order valence-electron chi connectivity index (χ4n) is 3.14. The highest BCUT2D eigenvalue weighted by Gasteiger charge is 2.29. The number of nitrogens with one attached hydrogen (secondary N) is 1. The summed E-state index contributed by atoms with van der Waals surface area (Å²) in [6.07, 6.45) is 2.72. The monoisotopic (exact) mass is 411 g/mol. The summed E-state index contributed by atoms with van der Waals surface area (Å²) in [5.74, 6) is -0.282. The molecule has 1 unspecified atom stereocenters. The van der Waals surface area contributed by atoms with E-state index in [4.69, 9.17) is 27.9 Å². The van der Waals surface area contributed by atoms with Crippen molar-refractivity contribution in [2.24, 2.45) is 5.92 Å². The fraction of sp³-hybridized carbons (Fsp3) is 0.368. The van der Waals surface area contributed by atoms with Crippen molar-refractivity contribution in [2.75, 3.05) is 11.9 Å². The number of esters is 1. The van der Waals surface area contributed by atoms with E-state index in [1.165, 1.54) is 11.3 Å². The minimum atomic E-state index is -0.433. The number of ether oxygens (including phenoxy) is 1. The quantitative estimate of drug-likeness (QED) is 0.665. The molecule has 4 nitrogen and oxygen atoms in total. The van der Waals surface area contributed by atoms with E-state index in [1.807, 2.05) is 0 Å². The number of amides is 1. The van der Waals surface area contributed by atoms with Gasteiger partial charge in [0.05, 0.1) is 27.8 Å². The minimum Gasteiger partial charge on any atom is -0.462 e. The average Bonchev–Trinajstić information content (AvgIpc) is 2.91. The Labute approximate surface area is 166 Å². The van der Waals surface area contributed by atoms with Gasteiger partial charge in [-0.25, -0.2) is 4.79 Å². The molecule has 1 aliphatic carbocycles. The van der Waals surface area contributed by atoms with Gasteiger partial charge >= 0.3 is 5.97 Å². The van der Waals surface area contributed by atoms with E-state index in [0.29, 0.717) is 16.5 Å². The molecule has 0 bridgehead atoms. The van der Waals surface area contributed by atoms with Crippen LogP contribution in [0.5, 0.6) is 0 Å². The topological polar surface area (TPSA) is 55.4 Å². The van der Waals surface area contributed by atoms with Gasteiger partial charge in [-0.05, 0) is 49.8 Å². The van der Waals surface area contributed by atoms with Crippen LogP contribution in [0.15, 0.2) is 18.2 Å². The summed E-state index contributed by atoms with van der Waals surface area (Å²) in [6.45, 7) is 4.23. The highest BCUT2D eigenvalue weighted by molar-refractivity contribution is 7.17. The number of carbonyl (C=O) groups excluding carboxylic acids is 2. The summed E-state index contributed by atoms with van der Waals surface area (Å²) in [5, 5.41) is 3.87. The summed E-state index contributed by atoms with van der Waals surface area (Å²) in [6, 6.07) is 4.89. The Balaban J connectivity index is 1.99. The van der Waals surface area contributed by atoms with E-state index in [2.05, 4.69) is 12.2 Å². The van der Waals surface area contributed by atoms with Crippen molar-refractivity contribution in [3.8, 4) is 0 Å². The van der Waals surface area contributed by atoms with Gasteiger partial charge in [0.2, 0.25) is 0 Å². The summed E-state index contributed by atoms with van der Waals surface area (Å²) in [7, 11) is 0. The van der Waals surface area contributed by atoms with Crippen LogP contribution in [0.2, 0.25) is 10.0 Å². The highest BCUT2D eigenvalue weighted by atomic mass is 35.5. The van der Waals surface area contributed by atoms with Crippen LogP contribution in [-0.4, -0.2) is 18.5 Å². The molecule has 0 fully saturated rings. The molecule has 138 valence electrons. The van der Waals surface area contributed by atoms with Crippen molar-refractivity contribution in [2.45, 2.75) is 33.1 Å².